The van der Waals surface area contributed by atoms with Crippen molar-refractivity contribution in [3.8, 4) is 5.75 Å². The molecule has 0 bridgehead atoms. The van der Waals surface area contributed by atoms with Crippen molar-refractivity contribution in [2.45, 2.75) is 0 Å². The van der Waals surface area contributed by atoms with Gasteiger partial charge in [-0.2, -0.15) is 0 Å². The second-order valence-corrected chi connectivity index (χ2v) is 5.81. The third kappa shape index (κ3) is 4.02. The monoisotopic (exact) mass is 254 g/mol. The largest absolute Gasteiger partial charge is 0.492 e. The van der Waals surface area contributed by atoms with Crippen LogP contribution in [0.25, 0.3) is 0 Å². The average molecular weight is 254 g/mol. The van der Waals surface area contributed by atoms with E-state index >= 15 is 0 Å². The first-order valence-corrected chi connectivity index (χ1v) is 7.28. The van der Waals surface area contributed by atoms with Crippen molar-refractivity contribution in [1.82, 2.24) is 4.90 Å². The standard InChI is InChI=1S/C12H18N2O2S/c13-11-2-1-3-12(10-11)16-7-4-14-5-8-17(15)9-6-14/h1-3,10H,4-9,13H2. The summed E-state index contributed by atoms with van der Waals surface area (Å²) in [5.74, 6) is 2.39. The number of anilines is 1. The second-order valence-electron chi connectivity index (χ2n) is 4.11. The highest BCUT2D eigenvalue weighted by Crippen LogP contribution is 2.14. The van der Waals surface area contributed by atoms with Gasteiger partial charge >= 0.3 is 0 Å². The van der Waals surface area contributed by atoms with Gasteiger partial charge in [-0.25, -0.2) is 0 Å². The van der Waals surface area contributed by atoms with Crippen molar-refractivity contribution < 1.29 is 8.95 Å². The predicted molar refractivity (Wildman–Crippen MR) is 70.7 cm³/mol. The Balaban J connectivity index is 1.71. The fourth-order valence-corrected chi connectivity index (χ4v) is 2.92. The average Bonchev–Trinajstić information content (AvgIpc) is 2.32. The summed E-state index contributed by atoms with van der Waals surface area (Å²) in [4.78, 5) is 2.29. The van der Waals surface area contributed by atoms with Gasteiger partial charge in [-0.15, -0.1) is 0 Å². The molecule has 2 rings (SSSR count). The summed E-state index contributed by atoms with van der Waals surface area (Å²) < 4.78 is 16.8. The predicted octanol–water partition coefficient (Wildman–Crippen LogP) is 0.712. The number of rotatable bonds is 4. The van der Waals surface area contributed by atoms with Crippen LogP contribution in [0.15, 0.2) is 24.3 Å². The molecule has 1 aromatic carbocycles. The maximum atomic E-state index is 11.2. The number of nitrogen functional groups attached to an aromatic ring is 1. The van der Waals surface area contributed by atoms with E-state index in [4.69, 9.17) is 10.5 Å². The lowest BCUT2D eigenvalue weighted by Crippen LogP contribution is -2.39. The van der Waals surface area contributed by atoms with Gasteiger partial charge in [-0.3, -0.25) is 9.11 Å². The van der Waals surface area contributed by atoms with Gasteiger partial charge in [0.25, 0.3) is 0 Å². The highest BCUT2D eigenvalue weighted by Gasteiger charge is 2.14. The highest BCUT2D eigenvalue weighted by atomic mass is 32.2. The molecule has 1 saturated heterocycles. The van der Waals surface area contributed by atoms with Crippen LogP contribution in [-0.4, -0.2) is 46.9 Å². The topological polar surface area (TPSA) is 55.6 Å². The molecule has 0 aromatic heterocycles. The molecule has 1 fully saturated rings. The van der Waals surface area contributed by atoms with Gasteiger partial charge in [-0.1, -0.05) is 6.07 Å². The lowest BCUT2D eigenvalue weighted by atomic mass is 10.3. The van der Waals surface area contributed by atoms with Crippen molar-refractivity contribution in [2.24, 2.45) is 0 Å². The number of hydrogen-bond acceptors (Lipinski definition) is 4. The zero-order chi connectivity index (χ0) is 12.1. The van der Waals surface area contributed by atoms with E-state index in [2.05, 4.69) is 4.90 Å². The van der Waals surface area contributed by atoms with Crippen LogP contribution in [0, 0.1) is 0 Å². The van der Waals surface area contributed by atoms with Crippen LogP contribution in [0.2, 0.25) is 0 Å². The molecule has 0 saturated carbocycles. The van der Waals surface area contributed by atoms with E-state index in [1.54, 1.807) is 0 Å². The molecular formula is C12H18N2O2S. The zero-order valence-electron chi connectivity index (χ0n) is 9.80. The molecule has 1 aromatic rings. The van der Waals surface area contributed by atoms with Gasteiger partial charge in [0.2, 0.25) is 0 Å². The minimum atomic E-state index is -0.605. The van der Waals surface area contributed by atoms with Crippen molar-refractivity contribution in [3.05, 3.63) is 24.3 Å². The molecule has 94 valence electrons. The third-order valence-electron chi connectivity index (χ3n) is 2.80. The number of ether oxygens (including phenoxy) is 1. The second kappa shape index (κ2) is 6.02. The molecule has 5 heteroatoms. The van der Waals surface area contributed by atoms with Gasteiger partial charge in [-0.05, 0) is 12.1 Å². The first kappa shape index (κ1) is 12.4. The number of benzene rings is 1. The maximum absolute atomic E-state index is 11.2. The van der Waals surface area contributed by atoms with Crippen molar-refractivity contribution in [3.63, 3.8) is 0 Å². The fraction of sp³-hybridized carbons (Fsp3) is 0.500. The lowest BCUT2D eigenvalue weighted by molar-refractivity contribution is 0.221. The molecule has 4 nitrogen and oxygen atoms in total. The third-order valence-corrected chi connectivity index (χ3v) is 4.08. The Morgan fingerprint density at radius 3 is 2.82 bits per heavy atom. The first-order valence-electron chi connectivity index (χ1n) is 5.80. The van der Waals surface area contributed by atoms with E-state index in [1.165, 1.54) is 0 Å². The molecule has 0 amide bonds. The van der Waals surface area contributed by atoms with Gasteiger partial charge in [0, 0.05) is 53.7 Å². The van der Waals surface area contributed by atoms with Crippen LogP contribution < -0.4 is 10.5 Å². The van der Waals surface area contributed by atoms with Crippen LogP contribution in [0.3, 0.4) is 0 Å². The first-order chi connectivity index (χ1) is 8.24. The van der Waals surface area contributed by atoms with E-state index in [1.807, 2.05) is 24.3 Å². The van der Waals surface area contributed by atoms with E-state index < -0.39 is 10.8 Å². The Morgan fingerprint density at radius 2 is 2.12 bits per heavy atom. The van der Waals surface area contributed by atoms with Crippen LogP contribution in [0.4, 0.5) is 5.69 Å². The molecule has 2 N–H and O–H groups in total. The zero-order valence-corrected chi connectivity index (χ0v) is 10.6. The molecule has 0 spiro atoms. The molecular weight excluding hydrogens is 236 g/mol. The summed E-state index contributed by atoms with van der Waals surface area (Å²) >= 11 is 0. The maximum Gasteiger partial charge on any atom is 0.121 e. The van der Waals surface area contributed by atoms with Crippen molar-refractivity contribution >= 4 is 16.5 Å². The Morgan fingerprint density at radius 1 is 1.35 bits per heavy atom. The number of hydrogen-bond donors (Lipinski definition) is 1. The van der Waals surface area contributed by atoms with Gasteiger partial charge in [0.1, 0.15) is 12.4 Å². The quantitative estimate of drug-likeness (QED) is 0.804. The van der Waals surface area contributed by atoms with Crippen LogP contribution in [0.5, 0.6) is 5.75 Å². The number of nitrogens with two attached hydrogens (primary N) is 1. The van der Waals surface area contributed by atoms with E-state index in [0.29, 0.717) is 6.61 Å². The smallest absolute Gasteiger partial charge is 0.121 e. The summed E-state index contributed by atoms with van der Waals surface area (Å²) in [6.07, 6.45) is 0. The molecule has 1 aliphatic rings. The van der Waals surface area contributed by atoms with Crippen molar-refractivity contribution in [2.75, 3.05) is 43.5 Å². The molecule has 17 heavy (non-hydrogen) atoms. The summed E-state index contributed by atoms with van der Waals surface area (Å²) in [6, 6.07) is 7.45. The normalized spacial score (nSPS) is 18.1. The Hall–Kier alpha value is -1.07. The Bertz CT molecular complexity index is 388. The van der Waals surface area contributed by atoms with Gasteiger partial charge in [0.15, 0.2) is 0 Å². The van der Waals surface area contributed by atoms with Crippen LogP contribution in [-0.2, 0) is 10.8 Å². The van der Waals surface area contributed by atoms with Crippen LogP contribution >= 0.6 is 0 Å². The summed E-state index contributed by atoms with van der Waals surface area (Å²) in [5.41, 5.74) is 6.38. The minimum Gasteiger partial charge on any atom is -0.492 e. The summed E-state index contributed by atoms with van der Waals surface area (Å²) in [7, 11) is -0.605. The summed E-state index contributed by atoms with van der Waals surface area (Å²) in [6.45, 7) is 3.35. The number of nitrogens with zero attached hydrogens (tertiary/aromatic N) is 1. The van der Waals surface area contributed by atoms with E-state index in [0.717, 1.165) is 42.6 Å². The lowest BCUT2D eigenvalue weighted by Gasteiger charge is -2.25. The Kier molecular flexibility index (Phi) is 4.39. The summed E-state index contributed by atoms with van der Waals surface area (Å²) in [5, 5.41) is 0. The fourth-order valence-electron chi connectivity index (χ4n) is 1.80. The van der Waals surface area contributed by atoms with E-state index in [-0.39, 0.29) is 0 Å². The molecule has 0 unspecified atom stereocenters. The highest BCUT2D eigenvalue weighted by molar-refractivity contribution is 7.85. The molecule has 0 atom stereocenters. The SMILES string of the molecule is Nc1cccc(OCCN2CCS(=O)CC2)c1. The Labute approximate surface area is 104 Å². The molecule has 0 radical (unpaired) electrons. The van der Waals surface area contributed by atoms with E-state index in [9.17, 15) is 4.21 Å². The van der Waals surface area contributed by atoms with Gasteiger partial charge in [0.05, 0.1) is 0 Å². The van der Waals surface area contributed by atoms with Crippen molar-refractivity contribution in [1.29, 1.82) is 0 Å². The molecule has 1 aliphatic heterocycles. The minimum absolute atomic E-state index is 0.605. The van der Waals surface area contributed by atoms with Crippen LogP contribution in [0.1, 0.15) is 0 Å². The molecule has 1 heterocycles. The van der Waals surface area contributed by atoms with Gasteiger partial charge < -0.3 is 10.5 Å². The molecule has 0 aliphatic carbocycles.